The maximum atomic E-state index is 10.1. The van der Waals surface area contributed by atoms with Gasteiger partial charge < -0.3 is 10.2 Å². The predicted octanol–water partition coefficient (Wildman–Crippen LogP) is 0.572. The van der Waals surface area contributed by atoms with E-state index >= 15 is 0 Å². The second-order valence-electron chi connectivity index (χ2n) is 2.17. The van der Waals surface area contributed by atoms with E-state index in [0.717, 1.165) is 0 Å². The number of aliphatic carboxylic acids is 2. The zero-order chi connectivity index (χ0) is 8.15. The molecule has 2 N–H and O–H groups in total. The van der Waals surface area contributed by atoms with Crippen LogP contribution in [0.25, 0.3) is 0 Å². The second-order valence-corrected chi connectivity index (χ2v) is 2.17. The largest absolute Gasteiger partial charge is 0.481 e. The minimum absolute atomic E-state index is 0.0759. The first-order chi connectivity index (χ1) is 4.54. The fourth-order valence-electron chi connectivity index (χ4n) is 0.463. The van der Waals surface area contributed by atoms with Crippen LogP contribution in [0.2, 0.25) is 0 Å². The molecule has 0 saturated carbocycles. The molecule has 0 bridgehead atoms. The van der Waals surface area contributed by atoms with Crippen molar-refractivity contribution in [2.24, 2.45) is 5.92 Å². The van der Waals surface area contributed by atoms with Crippen LogP contribution in [0.3, 0.4) is 0 Å². The zero-order valence-electron chi connectivity index (χ0n) is 5.70. The van der Waals surface area contributed by atoms with Gasteiger partial charge in [-0.1, -0.05) is 6.92 Å². The van der Waals surface area contributed by atoms with E-state index in [1.807, 2.05) is 0 Å². The van der Waals surface area contributed by atoms with Crippen molar-refractivity contribution in [3.8, 4) is 0 Å². The van der Waals surface area contributed by atoms with Crippen molar-refractivity contribution in [1.29, 1.82) is 0 Å². The summed E-state index contributed by atoms with van der Waals surface area (Å²) in [5.74, 6) is -2.45. The van der Waals surface area contributed by atoms with E-state index < -0.39 is 17.9 Å². The highest BCUT2D eigenvalue weighted by atomic mass is 16.5. The minimum Gasteiger partial charge on any atom is -0.481 e. The van der Waals surface area contributed by atoms with Crippen LogP contribution in [-0.2, 0) is 9.59 Å². The average molecular weight is 148 g/mol. The molecular weight excluding hydrogens is 138 g/mol. The Hall–Kier alpha value is -1.06. The highest BCUT2D eigenvalue weighted by molar-refractivity contribution is 5.71. The molecule has 0 aromatic heterocycles. The summed E-state index contributed by atoms with van der Waals surface area (Å²) in [6, 6.07) is 0. The fourth-order valence-corrected chi connectivity index (χ4v) is 0.463. The summed E-state index contributed by atoms with van der Waals surface area (Å²) in [5.41, 5.74) is 0. The Morgan fingerprint density at radius 2 is 1.90 bits per heavy atom. The Balaban J connectivity index is 3.49. The fraction of sp³-hybridized carbons (Fsp3) is 0.667. The van der Waals surface area contributed by atoms with E-state index in [4.69, 9.17) is 10.2 Å². The lowest BCUT2D eigenvalue weighted by Gasteiger charge is -2.01. The van der Waals surface area contributed by atoms with Gasteiger partial charge in [0.25, 0.3) is 0 Å². The quantitative estimate of drug-likeness (QED) is 0.571. The van der Waals surface area contributed by atoms with E-state index in [9.17, 15) is 9.59 Å². The number of hydrogen-bond donors (Lipinski definition) is 2. The molecule has 0 aromatic carbocycles. The molecule has 0 rings (SSSR count). The van der Waals surface area contributed by atoms with Gasteiger partial charge in [0.05, 0.1) is 5.92 Å². The molecule has 0 radical (unpaired) electrons. The molecule has 0 aliphatic heterocycles. The van der Waals surface area contributed by atoms with Crippen LogP contribution in [0.1, 0.15) is 19.8 Å². The molecule has 10 heavy (non-hydrogen) atoms. The van der Waals surface area contributed by atoms with Gasteiger partial charge in [-0.05, 0) is 6.42 Å². The first-order valence-electron chi connectivity index (χ1n) is 2.98. The predicted molar refractivity (Wildman–Crippen MR) is 33.7 cm³/mol. The van der Waals surface area contributed by atoms with Crippen LogP contribution >= 0.6 is 0 Å². The van der Waals surface area contributed by atoms with E-state index in [-0.39, 0.29) is 12.8 Å². The molecule has 0 aromatic rings. The lowest BCUT2D eigenvalue weighted by atomic mass is 10.3. The Bertz CT molecular complexity index is 141. The van der Waals surface area contributed by atoms with Gasteiger partial charge in [-0.3, -0.25) is 9.59 Å². The summed E-state index contributed by atoms with van der Waals surface area (Å²) < 4.78 is 0. The number of rotatable bonds is 4. The third-order valence-electron chi connectivity index (χ3n) is 1.21. The van der Waals surface area contributed by atoms with E-state index in [0.29, 0.717) is 0 Å². The van der Waals surface area contributed by atoms with Gasteiger partial charge in [0.1, 0.15) is 0 Å². The van der Waals surface area contributed by atoms with Crippen LogP contribution in [0, 0.1) is 5.92 Å². The molecule has 4 heteroatoms. The van der Waals surface area contributed by atoms with E-state index in [1.54, 1.807) is 0 Å². The summed E-state index contributed by atoms with van der Waals surface area (Å²) in [6.07, 6.45) is 0.123. The molecule has 4 nitrogen and oxygen atoms in total. The topological polar surface area (TPSA) is 74.6 Å². The van der Waals surface area contributed by atoms with Crippen LogP contribution < -0.4 is 0 Å². The standard InChI is InChI=1S/C6H10O4/c1-4(6(9)10)2-3-5(7)8/h4H,2-3H2,1H3,(H,7,8)(H,9,10)/i4+1,6+1. The molecule has 0 spiro atoms. The monoisotopic (exact) mass is 148 g/mol. The van der Waals surface area contributed by atoms with Crippen molar-refractivity contribution >= 4 is 11.9 Å². The number of carboxylic acid groups (broad SMARTS) is 2. The molecular formula is C6H10O4. The van der Waals surface area contributed by atoms with Gasteiger partial charge in [-0.25, -0.2) is 0 Å². The lowest BCUT2D eigenvalue weighted by Crippen LogP contribution is -2.11. The molecule has 1 atom stereocenters. The minimum atomic E-state index is -0.951. The summed E-state index contributed by atoms with van der Waals surface area (Å²) in [4.78, 5) is 20.1. The lowest BCUT2D eigenvalue weighted by molar-refractivity contribution is -0.142. The van der Waals surface area contributed by atoms with Crippen molar-refractivity contribution in [2.75, 3.05) is 0 Å². The van der Waals surface area contributed by atoms with Crippen molar-refractivity contribution in [2.45, 2.75) is 19.8 Å². The average Bonchev–Trinajstić information content (AvgIpc) is 1.82. The Labute approximate surface area is 58.5 Å². The molecule has 0 saturated heterocycles. The molecule has 0 amide bonds. The van der Waals surface area contributed by atoms with Crippen LogP contribution in [0.5, 0.6) is 0 Å². The van der Waals surface area contributed by atoms with E-state index in [2.05, 4.69) is 0 Å². The number of carboxylic acids is 2. The normalized spacial score (nSPS) is 12.5. The smallest absolute Gasteiger partial charge is 0.306 e. The summed E-state index contributed by atoms with van der Waals surface area (Å²) in [7, 11) is 0. The van der Waals surface area contributed by atoms with Gasteiger partial charge in [0, 0.05) is 6.42 Å². The summed E-state index contributed by atoms with van der Waals surface area (Å²) in [5, 5.41) is 16.5. The Kier molecular flexibility index (Phi) is 3.46. The SMILES string of the molecule is C[13CH](CCC(=O)O)[13C](=O)O. The zero-order valence-corrected chi connectivity index (χ0v) is 5.70. The first kappa shape index (κ1) is 8.94. The summed E-state index contributed by atoms with van der Waals surface area (Å²) >= 11 is 0. The Morgan fingerprint density at radius 3 is 2.20 bits per heavy atom. The van der Waals surface area contributed by atoms with Gasteiger partial charge in [0.2, 0.25) is 0 Å². The van der Waals surface area contributed by atoms with Crippen LogP contribution in [0.15, 0.2) is 0 Å². The van der Waals surface area contributed by atoms with Crippen molar-refractivity contribution in [1.82, 2.24) is 0 Å². The van der Waals surface area contributed by atoms with Crippen LogP contribution in [-0.4, -0.2) is 22.2 Å². The number of carbonyl (C=O) groups is 2. The van der Waals surface area contributed by atoms with Gasteiger partial charge in [-0.2, -0.15) is 0 Å². The third-order valence-corrected chi connectivity index (χ3v) is 1.21. The summed E-state index contributed by atoms with van der Waals surface area (Å²) in [6.45, 7) is 1.49. The molecule has 1 unspecified atom stereocenters. The van der Waals surface area contributed by atoms with Crippen molar-refractivity contribution in [3.63, 3.8) is 0 Å². The molecule has 0 aliphatic rings. The maximum absolute atomic E-state index is 10.1. The highest BCUT2D eigenvalue weighted by Crippen LogP contribution is 2.04. The first-order valence-corrected chi connectivity index (χ1v) is 2.98. The van der Waals surface area contributed by atoms with Crippen LogP contribution in [0.4, 0.5) is 0 Å². The van der Waals surface area contributed by atoms with Gasteiger partial charge in [0.15, 0.2) is 0 Å². The molecule has 0 aliphatic carbocycles. The van der Waals surface area contributed by atoms with E-state index in [1.165, 1.54) is 6.92 Å². The number of hydrogen-bond acceptors (Lipinski definition) is 2. The third kappa shape index (κ3) is 3.88. The van der Waals surface area contributed by atoms with Crippen molar-refractivity contribution < 1.29 is 19.8 Å². The maximum Gasteiger partial charge on any atom is 0.306 e. The van der Waals surface area contributed by atoms with Crippen molar-refractivity contribution in [3.05, 3.63) is 0 Å². The van der Waals surface area contributed by atoms with Gasteiger partial charge >= 0.3 is 11.9 Å². The Morgan fingerprint density at radius 1 is 1.40 bits per heavy atom. The molecule has 0 heterocycles. The van der Waals surface area contributed by atoms with Gasteiger partial charge in [-0.15, -0.1) is 0 Å². The highest BCUT2D eigenvalue weighted by Gasteiger charge is 2.11. The molecule has 58 valence electrons. The molecule has 0 fully saturated rings. The second kappa shape index (κ2) is 3.87.